The first kappa shape index (κ1) is 17.7. The molecule has 0 amide bonds. The monoisotopic (exact) mass is 448 g/mol. The summed E-state index contributed by atoms with van der Waals surface area (Å²) in [4.78, 5) is 7.87. The molecule has 5 aromatic rings. The maximum atomic E-state index is 5.93. The first-order valence-electron chi connectivity index (χ1n) is 8.96. The minimum atomic E-state index is 0.129. The summed E-state index contributed by atoms with van der Waals surface area (Å²) < 4.78 is 8.47. The molecule has 7 nitrogen and oxygen atoms in total. The third kappa shape index (κ3) is 2.84. The molecule has 0 spiro atoms. The second kappa shape index (κ2) is 6.59. The van der Waals surface area contributed by atoms with Crippen LogP contribution in [0.4, 0.5) is 5.95 Å². The first-order chi connectivity index (χ1) is 14.0. The van der Waals surface area contributed by atoms with Gasteiger partial charge in [-0.05, 0) is 36.4 Å². The van der Waals surface area contributed by atoms with E-state index in [2.05, 4.69) is 46.7 Å². The van der Waals surface area contributed by atoms with Crippen molar-refractivity contribution in [2.75, 3.05) is 12.8 Å². The molecule has 0 atom stereocenters. The van der Waals surface area contributed by atoms with Crippen LogP contribution in [0, 0.1) is 0 Å². The standard InChI is InChI=1S/C21H17BrN6O/c1-28-10-16(14-8-12(29-2)4-6-18(14)28)19-20(26-27-21(23)25-19)15-9-24-17-5-3-11(22)7-13(15)17/h3-10,24H,1-2H3,(H2,23,25,27). The van der Waals surface area contributed by atoms with Gasteiger partial charge in [-0.3, -0.25) is 0 Å². The van der Waals surface area contributed by atoms with Gasteiger partial charge in [-0.25, -0.2) is 4.98 Å². The second-order valence-electron chi connectivity index (χ2n) is 6.80. The van der Waals surface area contributed by atoms with Crippen LogP contribution in [0.1, 0.15) is 0 Å². The number of hydrogen-bond acceptors (Lipinski definition) is 5. The highest BCUT2D eigenvalue weighted by Crippen LogP contribution is 2.38. The van der Waals surface area contributed by atoms with E-state index in [0.29, 0.717) is 11.4 Å². The summed E-state index contributed by atoms with van der Waals surface area (Å²) >= 11 is 3.55. The Balaban J connectivity index is 1.82. The van der Waals surface area contributed by atoms with Gasteiger partial charge in [-0.15, -0.1) is 10.2 Å². The summed E-state index contributed by atoms with van der Waals surface area (Å²) in [6, 6.07) is 12.0. The molecule has 3 N–H and O–H groups in total. The van der Waals surface area contributed by atoms with Crippen LogP contribution in [-0.4, -0.2) is 31.8 Å². The van der Waals surface area contributed by atoms with Gasteiger partial charge in [0.25, 0.3) is 0 Å². The number of aromatic amines is 1. The number of methoxy groups -OCH3 is 1. The van der Waals surface area contributed by atoms with Gasteiger partial charge in [0, 0.05) is 56.8 Å². The number of aromatic nitrogens is 5. The number of halogens is 1. The van der Waals surface area contributed by atoms with Crippen molar-refractivity contribution in [3.63, 3.8) is 0 Å². The number of benzene rings is 2. The number of nitrogens with two attached hydrogens (primary N) is 1. The van der Waals surface area contributed by atoms with E-state index in [9.17, 15) is 0 Å². The van der Waals surface area contributed by atoms with Crippen LogP contribution in [0.2, 0.25) is 0 Å². The fraction of sp³-hybridized carbons (Fsp3) is 0.0952. The highest BCUT2D eigenvalue weighted by molar-refractivity contribution is 9.10. The van der Waals surface area contributed by atoms with Gasteiger partial charge in [0.2, 0.25) is 5.95 Å². The molecule has 0 bridgehead atoms. The number of nitrogen functional groups attached to an aromatic ring is 1. The number of H-pyrrole nitrogens is 1. The molecular weight excluding hydrogens is 432 g/mol. The molecule has 5 rings (SSSR count). The highest BCUT2D eigenvalue weighted by atomic mass is 79.9. The minimum Gasteiger partial charge on any atom is -0.497 e. The molecular formula is C21H17BrN6O. The van der Waals surface area contributed by atoms with Crippen LogP contribution >= 0.6 is 15.9 Å². The zero-order valence-corrected chi connectivity index (χ0v) is 17.4. The summed E-state index contributed by atoms with van der Waals surface area (Å²) in [5.41, 5.74) is 11.2. The Labute approximate surface area is 174 Å². The van der Waals surface area contributed by atoms with Gasteiger partial charge < -0.3 is 20.0 Å². The molecule has 0 radical (unpaired) electrons. The largest absolute Gasteiger partial charge is 0.497 e. The maximum Gasteiger partial charge on any atom is 0.240 e. The predicted molar refractivity (Wildman–Crippen MR) is 118 cm³/mol. The normalized spacial score (nSPS) is 11.4. The summed E-state index contributed by atoms with van der Waals surface area (Å²) in [6.07, 6.45) is 3.95. The minimum absolute atomic E-state index is 0.129. The van der Waals surface area contributed by atoms with Crippen LogP contribution in [0.5, 0.6) is 5.75 Å². The van der Waals surface area contributed by atoms with Gasteiger partial charge in [-0.1, -0.05) is 15.9 Å². The van der Waals surface area contributed by atoms with E-state index < -0.39 is 0 Å². The number of aryl methyl sites for hydroxylation is 1. The molecule has 0 aliphatic heterocycles. The molecule has 0 aliphatic carbocycles. The van der Waals surface area contributed by atoms with Gasteiger partial charge in [0.15, 0.2) is 0 Å². The van der Waals surface area contributed by atoms with E-state index in [4.69, 9.17) is 10.5 Å². The average Bonchev–Trinajstić information content (AvgIpc) is 3.28. The molecule has 8 heteroatoms. The van der Waals surface area contributed by atoms with Crippen LogP contribution in [0.3, 0.4) is 0 Å². The van der Waals surface area contributed by atoms with Crippen molar-refractivity contribution < 1.29 is 4.74 Å². The fourth-order valence-electron chi connectivity index (χ4n) is 3.68. The van der Waals surface area contributed by atoms with Crippen molar-refractivity contribution >= 4 is 43.7 Å². The average molecular weight is 449 g/mol. The number of hydrogen-bond donors (Lipinski definition) is 2. The summed E-state index contributed by atoms with van der Waals surface area (Å²) in [5, 5.41) is 10.5. The van der Waals surface area contributed by atoms with E-state index in [1.54, 1.807) is 7.11 Å². The summed E-state index contributed by atoms with van der Waals surface area (Å²) in [6.45, 7) is 0. The predicted octanol–water partition coefficient (Wildman–Crippen LogP) is 4.53. The van der Waals surface area contributed by atoms with Gasteiger partial charge >= 0.3 is 0 Å². The molecule has 3 aromatic heterocycles. The Kier molecular flexibility index (Phi) is 4.02. The van der Waals surface area contributed by atoms with Crippen molar-refractivity contribution in [1.29, 1.82) is 0 Å². The zero-order valence-electron chi connectivity index (χ0n) is 15.8. The molecule has 3 heterocycles. The van der Waals surface area contributed by atoms with Crippen molar-refractivity contribution in [2.45, 2.75) is 0 Å². The Morgan fingerprint density at radius 2 is 1.90 bits per heavy atom. The first-order valence-corrected chi connectivity index (χ1v) is 9.75. The van der Waals surface area contributed by atoms with Gasteiger partial charge in [-0.2, -0.15) is 0 Å². The van der Waals surface area contributed by atoms with Gasteiger partial charge in [0.05, 0.1) is 7.11 Å². The molecule has 0 unspecified atom stereocenters. The van der Waals surface area contributed by atoms with Crippen molar-refractivity contribution in [2.24, 2.45) is 7.05 Å². The SMILES string of the molecule is COc1ccc2c(c1)c(-c1nc(N)nnc1-c1c[nH]c3ccc(Br)cc13)cn2C. The molecule has 29 heavy (non-hydrogen) atoms. The Morgan fingerprint density at radius 1 is 1.03 bits per heavy atom. The van der Waals surface area contributed by atoms with E-state index in [0.717, 1.165) is 43.2 Å². The van der Waals surface area contributed by atoms with Gasteiger partial charge in [0.1, 0.15) is 17.1 Å². The van der Waals surface area contributed by atoms with E-state index in [-0.39, 0.29) is 5.95 Å². The van der Waals surface area contributed by atoms with Crippen LogP contribution in [0.15, 0.2) is 53.3 Å². The molecule has 0 saturated carbocycles. The van der Waals surface area contributed by atoms with Crippen molar-refractivity contribution in [3.05, 3.63) is 53.3 Å². The number of anilines is 1. The Morgan fingerprint density at radius 3 is 2.72 bits per heavy atom. The van der Waals surface area contributed by atoms with Crippen LogP contribution in [0.25, 0.3) is 44.3 Å². The topological polar surface area (TPSA) is 94.6 Å². The quantitative estimate of drug-likeness (QED) is 0.422. The van der Waals surface area contributed by atoms with E-state index in [1.165, 1.54) is 0 Å². The summed E-state index contributed by atoms with van der Waals surface area (Å²) in [5.74, 6) is 0.905. The second-order valence-corrected chi connectivity index (χ2v) is 7.71. The maximum absolute atomic E-state index is 5.93. The lowest BCUT2D eigenvalue weighted by atomic mass is 10.0. The fourth-order valence-corrected chi connectivity index (χ4v) is 4.04. The van der Waals surface area contributed by atoms with E-state index in [1.807, 2.05) is 49.8 Å². The van der Waals surface area contributed by atoms with Crippen LogP contribution < -0.4 is 10.5 Å². The molecule has 2 aromatic carbocycles. The third-order valence-corrected chi connectivity index (χ3v) is 5.55. The number of fused-ring (bicyclic) bond motifs is 2. The number of ether oxygens (including phenoxy) is 1. The van der Waals surface area contributed by atoms with Crippen molar-refractivity contribution in [1.82, 2.24) is 24.7 Å². The lowest BCUT2D eigenvalue weighted by Gasteiger charge is -2.07. The smallest absolute Gasteiger partial charge is 0.240 e. The van der Waals surface area contributed by atoms with Crippen LogP contribution in [-0.2, 0) is 7.05 Å². The number of nitrogens with zero attached hydrogens (tertiary/aromatic N) is 4. The molecule has 0 saturated heterocycles. The Bertz CT molecular complexity index is 1390. The molecule has 0 fully saturated rings. The Hall–Kier alpha value is -3.39. The third-order valence-electron chi connectivity index (χ3n) is 5.05. The lowest BCUT2D eigenvalue weighted by molar-refractivity contribution is 0.415. The highest BCUT2D eigenvalue weighted by Gasteiger charge is 2.20. The molecule has 0 aliphatic rings. The number of nitrogens with one attached hydrogen (secondary N) is 1. The summed E-state index contributed by atoms with van der Waals surface area (Å²) in [7, 11) is 3.65. The lowest BCUT2D eigenvalue weighted by Crippen LogP contribution is -2.02. The zero-order chi connectivity index (χ0) is 20.1. The molecule has 144 valence electrons. The number of rotatable bonds is 3. The van der Waals surface area contributed by atoms with Crippen molar-refractivity contribution in [3.8, 4) is 28.3 Å². The van der Waals surface area contributed by atoms with E-state index >= 15 is 0 Å².